The van der Waals surface area contributed by atoms with Crippen molar-refractivity contribution >= 4 is 23.5 Å². The highest BCUT2D eigenvalue weighted by atomic mass is 32.2. The van der Waals surface area contributed by atoms with Gasteiger partial charge < -0.3 is 16.3 Å². The summed E-state index contributed by atoms with van der Waals surface area (Å²) < 4.78 is 0.145. The van der Waals surface area contributed by atoms with Gasteiger partial charge >= 0.3 is 0 Å². The van der Waals surface area contributed by atoms with E-state index in [4.69, 9.17) is 10.9 Å². The summed E-state index contributed by atoms with van der Waals surface area (Å²) in [5, 5.41) is 14.8. The molecule has 0 aromatic carbocycles. The number of nitrogens with one attached hydrogen (secondary N) is 1. The lowest BCUT2D eigenvalue weighted by Gasteiger charge is -2.39. The van der Waals surface area contributed by atoms with Crippen molar-refractivity contribution in [2.24, 2.45) is 16.3 Å². The lowest BCUT2D eigenvalue weighted by molar-refractivity contribution is -0.131. The Hall–Kier alpha value is -0.910. The maximum atomic E-state index is 12.3. The zero-order valence-corrected chi connectivity index (χ0v) is 11.6. The van der Waals surface area contributed by atoms with Crippen molar-refractivity contribution in [3.05, 3.63) is 0 Å². The molecule has 6 heteroatoms. The molecule has 1 amide bonds. The lowest BCUT2D eigenvalue weighted by atomic mass is 9.67. The Balaban J connectivity index is 1.95. The SMILES string of the molecule is CC1(CNC(=O)C2(C(N)=NO)CCC2)CCCS1. The molecule has 0 aromatic heterocycles. The predicted molar refractivity (Wildman–Crippen MR) is 72.8 cm³/mol. The first-order valence-electron chi connectivity index (χ1n) is 6.43. The molecule has 1 saturated carbocycles. The third-order valence-electron chi connectivity index (χ3n) is 4.16. The van der Waals surface area contributed by atoms with Crippen LogP contribution >= 0.6 is 11.8 Å². The summed E-state index contributed by atoms with van der Waals surface area (Å²) in [6.45, 7) is 2.85. The number of rotatable bonds is 4. The summed E-state index contributed by atoms with van der Waals surface area (Å²) in [5.41, 5.74) is 4.91. The highest BCUT2D eigenvalue weighted by Crippen LogP contribution is 2.42. The monoisotopic (exact) mass is 271 g/mol. The number of nitrogens with two attached hydrogens (primary N) is 1. The van der Waals surface area contributed by atoms with Gasteiger partial charge in [0.25, 0.3) is 0 Å². The molecule has 2 rings (SSSR count). The topological polar surface area (TPSA) is 87.7 Å². The molecule has 102 valence electrons. The second-order valence-corrected chi connectivity index (χ2v) is 7.19. The first kappa shape index (κ1) is 13.5. The van der Waals surface area contributed by atoms with Crippen LogP contribution in [0.4, 0.5) is 0 Å². The minimum atomic E-state index is -0.756. The highest BCUT2D eigenvalue weighted by Gasteiger charge is 2.48. The Labute approximate surface area is 112 Å². The van der Waals surface area contributed by atoms with Crippen molar-refractivity contribution in [3.8, 4) is 0 Å². The van der Waals surface area contributed by atoms with Crippen LogP contribution in [-0.4, -0.2) is 34.0 Å². The largest absolute Gasteiger partial charge is 0.409 e. The number of hydrogen-bond acceptors (Lipinski definition) is 4. The minimum Gasteiger partial charge on any atom is -0.409 e. The summed E-state index contributed by atoms with van der Waals surface area (Å²) in [7, 11) is 0. The molecular weight excluding hydrogens is 250 g/mol. The zero-order valence-electron chi connectivity index (χ0n) is 10.7. The average Bonchev–Trinajstić information content (AvgIpc) is 2.72. The van der Waals surface area contributed by atoms with E-state index in [0.29, 0.717) is 19.4 Å². The third-order valence-corrected chi connectivity index (χ3v) is 5.70. The van der Waals surface area contributed by atoms with E-state index >= 15 is 0 Å². The van der Waals surface area contributed by atoms with Gasteiger partial charge in [0.15, 0.2) is 5.84 Å². The van der Waals surface area contributed by atoms with Crippen molar-refractivity contribution in [1.29, 1.82) is 0 Å². The number of amidine groups is 1. The van der Waals surface area contributed by atoms with Crippen LogP contribution in [0.25, 0.3) is 0 Å². The molecule has 1 aliphatic carbocycles. The second-order valence-electron chi connectivity index (χ2n) is 5.51. The average molecular weight is 271 g/mol. The normalized spacial score (nSPS) is 30.8. The van der Waals surface area contributed by atoms with Gasteiger partial charge in [-0.2, -0.15) is 11.8 Å². The predicted octanol–water partition coefficient (Wildman–Crippen LogP) is 1.30. The minimum absolute atomic E-state index is 0.0514. The standard InChI is InChI=1S/C12H21N3O2S/c1-11(4-3-7-18-11)8-14-10(16)12(5-2-6-12)9(13)15-17/h17H,2-8H2,1H3,(H2,13,15)(H,14,16). The number of nitrogens with zero attached hydrogens (tertiary/aromatic N) is 1. The van der Waals surface area contributed by atoms with Gasteiger partial charge in [0.1, 0.15) is 5.41 Å². The Bertz CT molecular complexity index is 360. The Morgan fingerprint density at radius 3 is 2.61 bits per heavy atom. The highest BCUT2D eigenvalue weighted by molar-refractivity contribution is 8.00. The van der Waals surface area contributed by atoms with E-state index < -0.39 is 5.41 Å². The van der Waals surface area contributed by atoms with E-state index in [2.05, 4.69) is 17.4 Å². The van der Waals surface area contributed by atoms with Crippen molar-refractivity contribution in [2.45, 2.75) is 43.8 Å². The molecule has 18 heavy (non-hydrogen) atoms. The van der Waals surface area contributed by atoms with Gasteiger partial charge in [-0.3, -0.25) is 4.79 Å². The molecular formula is C12H21N3O2S. The molecule has 0 bridgehead atoms. The zero-order chi connectivity index (χ0) is 13.2. The maximum Gasteiger partial charge on any atom is 0.234 e. The molecule has 0 spiro atoms. The van der Waals surface area contributed by atoms with Crippen molar-refractivity contribution in [2.75, 3.05) is 12.3 Å². The van der Waals surface area contributed by atoms with Crippen LogP contribution in [0.15, 0.2) is 5.16 Å². The molecule has 1 heterocycles. The number of carbonyl (C=O) groups excluding carboxylic acids is 1. The first-order chi connectivity index (χ1) is 8.52. The van der Waals surface area contributed by atoms with Gasteiger partial charge in [0.2, 0.25) is 5.91 Å². The Morgan fingerprint density at radius 2 is 2.17 bits per heavy atom. The fourth-order valence-corrected chi connectivity index (χ4v) is 3.88. The van der Waals surface area contributed by atoms with Crippen LogP contribution in [0.3, 0.4) is 0 Å². The summed E-state index contributed by atoms with van der Waals surface area (Å²) >= 11 is 1.91. The van der Waals surface area contributed by atoms with Crippen LogP contribution in [0, 0.1) is 5.41 Å². The van der Waals surface area contributed by atoms with E-state index in [-0.39, 0.29) is 16.5 Å². The molecule has 2 aliphatic rings. The summed E-state index contributed by atoms with van der Waals surface area (Å²) in [5.74, 6) is 1.13. The molecule has 1 unspecified atom stereocenters. The molecule has 1 saturated heterocycles. The smallest absolute Gasteiger partial charge is 0.234 e. The third kappa shape index (κ3) is 2.30. The van der Waals surface area contributed by atoms with Crippen LogP contribution in [-0.2, 0) is 4.79 Å². The summed E-state index contributed by atoms with van der Waals surface area (Å²) in [4.78, 5) is 12.3. The first-order valence-corrected chi connectivity index (χ1v) is 7.41. The van der Waals surface area contributed by atoms with Crippen LogP contribution < -0.4 is 11.1 Å². The molecule has 2 fully saturated rings. The van der Waals surface area contributed by atoms with Crippen molar-refractivity contribution in [3.63, 3.8) is 0 Å². The number of carbonyl (C=O) groups is 1. The molecule has 1 aliphatic heterocycles. The van der Waals surface area contributed by atoms with E-state index in [9.17, 15) is 4.79 Å². The molecule has 4 N–H and O–H groups in total. The second kappa shape index (κ2) is 4.99. The number of oxime groups is 1. The van der Waals surface area contributed by atoms with Crippen LogP contribution in [0.1, 0.15) is 39.0 Å². The lowest BCUT2D eigenvalue weighted by Crippen LogP contribution is -2.55. The number of thioether (sulfide) groups is 1. The molecule has 0 aromatic rings. The molecule has 5 nitrogen and oxygen atoms in total. The van der Waals surface area contributed by atoms with Gasteiger partial charge in [-0.25, -0.2) is 0 Å². The molecule has 0 radical (unpaired) electrons. The van der Waals surface area contributed by atoms with Gasteiger partial charge in [-0.1, -0.05) is 11.6 Å². The van der Waals surface area contributed by atoms with E-state index in [0.717, 1.165) is 18.6 Å². The summed E-state index contributed by atoms with van der Waals surface area (Å²) in [6, 6.07) is 0. The summed E-state index contributed by atoms with van der Waals surface area (Å²) in [6.07, 6.45) is 4.66. The fraction of sp³-hybridized carbons (Fsp3) is 0.833. The van der Waals surface area contributed by atoms with Crippen molar-refractivity contribution < 1.29 is 10.0 Å². The Morgan fingerprint density at radius 1 is 1.44 bits per heavy atom. The van der Waals surface area contributed by atoms with Crippen molar-refractivity contribution in [1.82, 2.24) is 5.32 Å². The molecule has 1 atom stereocenters. The van der Waals surface area contributed by atoms with E-state index in [1.807, 2.05) is 11.8 Å². The van der Waals surface area contributed by atoms with E-state index in [1.54, 1.807) is 0 Å². The number of hydrogen-bond donors (Lipinski definition) is 3. The Kier molecular flexibility index (Phi) is 3.75. The quantitative estimate of drug-likeness (QED) is 0.311. The van der Waals surface area contributed by atoms with E-state index in [1.165, 1.54) is 6.42 Å². The van der Waals surface area contributed by atoms with Gasteiger partial charge in [-0.05, 0) is 38.4 Å². The van der Waals surface area contributed by atoms with Gasteiger partial charge in [-0.15, -0.1) is 0 Å². The van der Waals surface area contributed by atoms with Crippen LogP contribution in [0.2, 0.25) is 0 Å². The fourth-order valence-electron chi connectivity index (χ4n) is 2.64. The van der Waals surface area contributed by atoms with Crippen LogP contribution in [0.5, 0.6) is 0 Å². The number of amides is 1. The maximum absolute atomic E-state index is 12.3. The van der Waals surface area contributed by atoms with Gasteiger partial charge in [0.05, 0.1) is 0 Å². The van der Waals surface area contributed by atoms with Gasteiger partial charge in [0, 0.05) is 11.3 Å².